The van der Waals surface area contributed by atoms with Gasteiger partial charge in [-0.05, 0) is 67.4 Å². The molecule has 0 spiro atoms. The number of rotatable bonds is 11. The lowest BCUT2D eigenvalue weighted by molar-refractivity contribution is 0.0695. The van der Waals surface area contributed by atoms with Crippen LogP contribution in [0.2, 0.25) is 0 Å². The molecule has 4 nitrogen and oxygen atoms in total. The molecule has 0 radical (unpaired) electrons. The van der Waals surface area contributed by atoms with E-state index in [1.54, 1.807) is 12.1 Å². The molecule has 2 aliphatic rings. The first kappa shape index (κ1) is 24.7. The van der Waals surface area contributed by atoms with Crippen LogP contribution in [-0.2, 0) is 6.42 Å². The Bertz CT molecular complexity index is 838. The summed E-state index contributed by atoms with van der Waals surface area (Å²) < 4.78 is 0. The molecular formula is C28H40O4. The smallest absolute Gasteiger partial charge is 0.335 e. The van der Waals surface area contributed by atoms with Gasteiger partial charge in [-0.2, -0.15) is 0 Å². The normalized spacial score (nSPS) is 26.3. The lowest BCUT2D eigenvalue weighted by Crippen LogP contribution is -2.28. The van der Waals surface area contributed by atoms with Crippen LogP contribution in [0, 0.1) is 23.2 Å². The maximum atomic E-state index is 11.4. The molecule has 0 heterocycles. The molecule has 3 N–H and O–H groups in total. The maximum absolute atomic E-state index is 11.4. The summed E-state index contributed by atoms with van der Waals surface area (Å²) in [6.07, 6.45) is 13.2. The first-order valence-electron chi connectivity index (χ1n) is 12.3. The van der Waals surface area contributed by atoms with Crippen LogP contribution < -0.4 is 0 Å². The van der Waals surface area contributed by atoms with Crippen LogP contribution in [0.4, 0.5) is 0 Å². The summed E-state index contributed by atoms with van der Waals surface area (Å²) in [5.41, 5.74) is 2.58. The van der Waals surface area contributed by atoms with E-state index >= 15 is 0 Å². The van der Waals surface area contributed by atoms with Crippen molar-refractivity contribution in [3.8, 4) is 0 Å². The van der Waals surface area contributed by atoms with E-state index in [1.807, 2.05) is 18.2 Å². The Balaban J connectivity index is 1.54. The van der Waals surface area contributed by atoms with Gasteiger partial charge in [0.1, 0.15) is 0 Å². The fourth-order valence-electron chi connectivity index (χ4n) is 5.52. The topological polar surface area (TPSA) is 77.8 Å². The zero-order valence-electron chi connectivity index (χ0n) is 19.8. The highest BCUT2D eigenvalue weighted by Crippen LogP contribution is 2.48. The molecule has 5 atom stereocenters. The molecule has 0 unspecified atom stereocenters. The molecule has 0 aromatic heterocycles. The highest BCUT2D eigenvalue weighted by molar-refractivity contribution is 5.89. The summed E-state index contributed by atoms with van der Waals surface area (Å²) in [5.74, 6) is 0.0525. The van der Waals surface area contributed by atoms with Crippen molar-refractivity contribution < 1.29 is 20.1 Å². The summed E-state index contributed by atoms with van der Waals surface area (Å²) in [5, 5.41) is 30.7. The van der Waals surface area contributed by atoms with Gasteiger partial charge < -0.3 is 15.3 Å². The third kappa shape index (κ3) is 5.90. The van der Waals surface area contributed by atoms with Crippen molar-refractivity contribution in [3.63, 3.8) is 0 Å². The molecule has 1 aromatic rings. The second kappa shape index (κ2) is 10.8. The molecule has 0 bridgehead atoms. The lowest BCUT2D eigenvalue weighted by Gasteiger charge is -2.29. The summed E-state index contributed by atoms with van der Waals surface area (Å²) >= 11 is 0. The van der Waals surface area contributed by atoms with Crippen molar-refractivity contribution in [2.75, 3.05) is 0 Å². The monoisotopic (exact) mass is 440 g/mol. The Morgan fingerprint density at radius 3 is 2.69 bits per heavy atom. The summed E-state index contributed by atoms with van der Waals surface area (Å²) in [6.45, 7) is 6.40. The zero-order valence-corrected chi connectivity index (χ0v) is 19.8. The van der Waals surface area contributed by atoms with Gasteiger partial charge in [0.25, 0.3) is 0 Å². The Morgan fingerprint density at radius 2 is 1.97 bits per heavy atom. The van der Waals surface area contributed by atoms with Crippen molar-refractivity contribution >= 4 is 5.97 Å². The van der Waals surface area contributed by atoms with Crippen LogP contribution in [-0.4, -0.2) is 33.5 Å². The van der Waals surface area contributed by atoms with Crippen LogP contribution in [0.5, 0.6) is 0 Å². The fourth-order valence-corrected chi connectivity index (χ4v) is 5.52. The van der Waals surface area contributed by atoms with Crippen LogP contribution in [0.1, 0.15) is 81.6 Å². The summed E-state index contributed by atoms with van der Waals surface area (Å²) in [4.78, 5) is 11.4. The minimum atomic E-state index is -0.862. The van der Waals surface area contributed by atoms with Crippen molar-refractivity contribution in [1.29, 1.82) is 0 Å². The van der Waals surface area contributed by atoms with Gasteiger partial charge in [-0.15, -0.1) is 0 Å². The molecule has 2 aliphatic carbocycles. The number of aliphatic hydroxyl groups excluding tert-OH is 2. The number of benzene rings is 1. The number of carboxylic acids is 1. The lowest BCUT2D eigenvalue weighted by atomic mass is 9.80. The number of fused-ring (bicyclic) bond motifs is 1. The van der Waals surface area contributed by atoms with Crippen molar-refractivity contribution in [3.05, 3.63) is 59.2 Å². The molecule has 176 valence electrons. The minimum absolute atomic E-state index is 0.0955. The maximum Gasteiger partial charge on any atom is 0.335 e. The Hall–Kier alpha value is -1.91. The number of carbonyl (C=O) groups is 1. The summed E-state index contributed by atoms with van der Waals surface area (Å²) in [7, 11) is 0. The largest absolute Gasteiger partial charge is 0.478 e. The first-order chi connectivity index (χ1) is 15.2. The SMILES string of the molecule is CCCCC(C)(C)[C@@H](O)C=C[C@H]1[C@H]2CC(CCCc3ccccc3C(=O)O)=C[C@H]2C[C@H]1O. The predicted molar refractivity (Wildman–Crippen MR) is 129 cm³/mol. The van der Waals surface area contributed by atoms with E-state index in [9.17, 15) is 20.1 Å². The minimum Gasteiger partial charge on any atom is -0.478 e. The highest BCUT2D eigenvalue weighted by Gasteiger charge is 2.43. The van der Waals surface area contributed by atoms with E-state index in [0.717, 1.165) is 56.9 Å². The van der Waals surface area contributed by atoms with Gasteiger partial charge in [-0.3, -0.25) is 0 Å². The van der Waals surface area contributed by atoms with Gasteiger partial charge in [-0.25, -0.2) is 4.79 Å². The third-order valence-corrected chi connectivity index (χ3v) is 7.63. The van der Waals surface area contributed by atoms with Gasteiger partial charge >= 0.3 is 5.97 Å². The Morgan fingerprint density at radius 1 is 1.22 bits per heavy atom. The fraction of sp³-hybridized carbons (Fsp3) is 0.607. The molecule has 4 heteroatoms. The third-order valence-electron chi connectivity index (χ3n) is 7.63. The second-order valence-electron chi connectivity index (χ2n) is 10.5. The molecule has 0 saturated heterocycles. The molecule has 1 saturated carbocycles. The van der Waals surface area contributed by atoms with Gasteiger partial charge in [0, 0.05) is 5.92 Å². The second-order valence-corrected chi connectivity index (χ2v) is 10.5. The van der Waals surface area contributed by atoms with Crippen LogP contribution in [0.3, 0.4) is 0 Å². The predicted octanol–water partition coefficient (Wildman–Crippen LogP) is 5.78. The van der Waals surface area contributed by atoms with Gasteiger partial charge in [0.15, 0.2) is 0 Å². The summed E-state index contributed by atoms with van der Waals surface area (Å²) in [6, 6.07) is 7.25. The standard InChI is InChI=1S/C28H40O4/c1-4-5-15-28(2,3)26(30)14-13-23-24-17-19(16-21(24)18-25(23)29)9-8-11-20-10-6-7-12-22(20)27(31)32/h6-7,10,12-14,16,21,23-26,29-30H,4-5,8-9,11,15,17-18H2,1-3H3,(H,31,32)/t21-,23-,24-,25+,26-/m0/s1. The number of hydrogen-bond acceptors (Lipinski definition) is 3. The number of hydrogen-bond donors (Lipinski definition) is 3. The van der Waals surface area contributed by atoms with Crippen molar-refractivity contribution in [2.24, 2.45) is 23.2 Å². The van der Waals surface area contributed by atoms with E-state index in [4.69, 9.17) is 0 Å². The van der Waals surface area contributed by atoms with E-state index < -0.39 is 12.1 Å². The number of aromatic carboxylic acids is 1. The van der Waals surface area contributed by atoms with E-state index in [1.165, 1.54) is 5.57 Å². The first-order valence-corrected chi connectivity index (χ1v) is 12.3. The van der Waals surface area contributed by atoms with Gasteiger partial charge in [0.2, 0.25) is 0 Å². The molecule has 0 aliphatic heterocycles. The van der Waals surface area contributed by atoms with Gasteiger partial charge in [-0.1, -0.05) is 75.6 Å². The highest BCUT2D eigenvalue weighted by atomic mass is 16.4. The number of unbranched alkanes of at least 4 members (excludes halogenated alkanes) is 1. The quantitative estimate of drug-likeness (QED) is 0.381. The van der Waals surface area contributed by atoms with Crippen molar-refractivity contribution in [2.45, 2.75) is 84.3 Å². The number of aryl methyl sites for hydroxylation is 1. The number of allylic oxidation sites excluding steroid dienone is 2. The Kier molecular flexibility index (Phi) is 8.35. The van der Waals surface area contributed by atoms with E-state index in [0.29, 0.717) is 17.4 Å². The average molecular weight is 441 g/mol. The molecule has 1 aromatic carbocycles. The van der Waals surface area contributed by atoms with E-state index in [-0.39, 0.29) is 17.4 Å². The van der Waals surface area contributed by atoms with Crippen LogP contribution in [0.15, 0.2) is 48.1 Å². The molecule has 0 amide bonds. The number of carboxylic acid groups (broad SMARTS) is 1. The van der Waals surface area contributed by atoms with Crippen LogP contribution in [0.25, 0.3) is 0 Å². The Labute approximate surface area is 193 Å². The molecular weight excluding hydrogens is 400 g/mol. The average Bonchev–Trinajstić information content (AvgIpc) is 3.27. The molecule has 32 heavy (non-hydrogen) atoms. The number of aliphatic hydroxyl groups is 2. The van der Waals surface area contributed by atoms with Crippen LogP contribution >= 0.6 is 0 Å². The molecule has 3 rings (SSSR count). The molecule has 1 fully saturated rings. The van der Waals surface area contributed by atoms with Gasteiger partial charge in [0.05, 0.1) is 17.8 Å². The zero-order chi connectivity index (χ0) is 23.3. The van der Waals surface area contributed by atoms with Crippen molar-refractivity contribution in [1.82, 2.24) is 0 Å². The van der Waals surface area contributed by atoms with E-state index in [2.05, 4.69) is 32.9 Å².